The number of hydrogen-bond donors (Lipinski definition) is 2. The van der Waals surface area contributed by atoms with Crippen molar-refractivity contribution in [3.63, 3.8) is 0 Å². The van der Waals surface area contributed by atoms with Crippen molar-refractivity contribution in [1.29, 1.82) is 0 Å². The summed E-state index contributed by atoms with van der Waals surface area (Å²) in [4.78, 5) is 17.3. The van der Waals surface area contributed by atoms with Gasteiger partial charge < -0.3 is 10.2 Å². The van der Waals surface area contributed by atoms with Gasteiger partial charge in [-0.15, -0.1) is 11.3 Å². The number of nitrogens with zero attached hydrogens (tertiary/aromatic N) is 4. The molecule has 33 heavy (non-hydrogen) atoms. The molecule has 0 spiro atoms. The van der Waals surface area contributed by atoms with Crippen LogP contribution in [0.4, 0.5) is 16.2 Å². The molecule has 2 aromatic heterocycles. The molecular weight excluding hydrogens is 460 g/mol. The number of carbonyl (C=O) groups is 1. The highest BCUT2D eigenvalue weighted by molar-refractivity contribution is 7.91. The molecule has 1 fully saturated rings. The van der Waals surface area contributed by atoms with Crippen molar-refractivity contribution in [3.05, 3.63) is 27.7 Å². The van der Waals surface area contributed by atoms with Gasteiger partial charge >= 0.3 is 16.2 Å². The number of nitrogens with one attached hydrogen (secondary N) is 2. The van der Waals surface area contributed by atoms with E-state index in [1.54, 1.807) is 29.3 Å². The second-order valence-electron chi connectivity index (χ2n) is 9.43. The maximum Gasteiger partial charge on any atom is 0.334 e. The summed E-state index contributed by atoms with van der Waals surface area (Å²) < 4.78 is 32.0. The molecule has 1 aliphatic rings. The number of piperidine rings is 1. The van der Waals surface area contributed by atoms with Gasteiger partial charge in [-0.3, -0.25) is 4.68 Å². The third-order valence-electron chi connectivity index (χ3n) is 5.86. The largest absolute Gasteiger partial charge is 0.334 e. The minimum absolute atomic E-state index is 0.206. The lowest BCUT2D eigenvalue weighted by Gasteiger charge is -2.37. The maximum atomic E-state index is 13.5. The van der Waals surface area contributed by atoms with Crippen LogP contribution in [0.25, 0.3) is 0 Å². The Morgan fingerprint density at radius 3 is 2.42 bits per heavy atom. The van der Waals surface area contributed by atoms with Gasteiger partial charge in [0.25, 0.3) is 0 Å². The van der Waals surface area contributed by atoms with E-state index in [4.69, 9.17) is 0 Å². The maximum absolute atomic E-state index is 13.5. The second kappa shape index (κ2) is 10.0. The highest BCUT2D eigenvalue weighted by atomic mass is 32.2. The van der Waals surface area contributed by atoms with Crippen LogP contribution < -0.4 is 14.3 Å². The number of aryl methyl sites for hydroxylation is 1. The predicted octanol–water partition coefficient (Wildman–Crippen LogP) is 4.00. The molecule has 1 atom stereocenters. The third kappa shape index (κ3) is 5.70. The summed E-state index contributed by atoms with van der Waals surface area (Å²) in [6.45, 7) is 11.8. The minimum Gasteiger partial charge on any atom is -0.306 e. The fraction of sp³-hybridized carbons (Fsp3) is 0.636. The molecule has 1 unspecified atom stereocenters. The Morgan fingerprint density at radius 2 is 1.88 bits per heavy atom. The van der Waals surface area contributed by atoms with E-state index in [0.717, 1.165) is 23.4 Å². The molecule has 2 aromatic rings. The van der Waals surface area contributed by atoms with Gasteiger partial charge in [0.15, 0.2) is 0 Å². The number of amides is 2. The average molecular weight is 497 g/mol. The fourth-order valence-electron chi connectivity index (χ4n) is 4.37. The summed E-state index contributed by atoms with van der Waals surface area (Å²) in [6, 6.07) is -1.05. The molecular formula is C22H36N6O3S2. The minimum atomic E-state index is -4.17. The van der Waals surface area contributed by atoms with Crippen LogP contribution in [-0.4, -0.2) is 55.3 Å². The summed E-state index contributed by atoms with van der Waals surface area (Å²) in [7, 11) is -0.457. The van der Waals surface area contributed by atoms with Crippen LogP contribution >= 0.6 is 11.3 Å². The van der Waals surface area contributed by atoms with Crippen LogP contribution in [0.1, 0.15) is 67.7 Å². The van der Waals surface area contributed by atoms with E-state index in [-0.39, 0.29) is 12.0 Å². The zero-order valence-corrected chi connectivity index (χ0v) is 22.2. The van der Waals surface area contributed by atoms with E-state index in [0.29, 0.717) is 30.3 Å². The van der Waals surface area contributed by atoms with Gasteiger partial charge in [-0.05, 0) is 50.8 Å². The van der Waals surface area contributed by atoms with Gasteiger partial charge in [0.1, 0.15) is 0 Å². The summed E-state index contributed by atoms with van der Waals surface area (Å²) >= 11 is 1.67. The lowest BCUT2D eigenvalue weighted by atomic mass is 10.0. The number of aromatic nitrogens is 2. The summed E-state index contributed by atoms with van der Waals surface area (Å²) in [5.74, 6) is 0.525. The molecule has 2 N–H and O–H groups in total. The van der Waals surface area contributed by atoms with Crippen LogP contribution in [0.15, 0.2) is 12.4 Å². The number of likely N-dealkylation sites (tertiary alicyclic amines) is 1. The van der Waals surface area contributed by atoms with Crippen molar-refractivity contribution in [1.82, 2.24) is 19.4 Å². The van der Waals surface area contributed by atoms with Gasteiger partial charge in [0.05, 0.1) is 23.6 Å². The molecule has 0 saturated carbocycles. The number of hydrogen-bond acceptors (Lipinski definition) is 6. The van der Waals surface area contributed by atoms with Crippen LogP contribution in [-0.2, 0) is 17.3 Å². The van der Waals surface area contributed by atoms with Gasteiger partial charge in [-0.25, -0.2) is 13.8 Å². The van der Waals surface area contributed by atoms with Crippen molar-refractivity contribution < 1.29 is 13.2 Å². The first kappa shape index (κ1) is 25.5. The molecule has 0 bridgehead atoms. The Bertz CT molecular complexity index is 1090. The van der Waals surface area contributed by atoms with Crippen molar-refractivity contribution in [2.24, 2.45) is 7.05 Å². The predicted molar refractivity (Wildman–Crippen MR) is 135 cm³/mol. The monoisotopic (exact) mass is 496 g/mol. The first-order chi connectivity index (χ1) is 15.4. The van der Waals surface area contributed by atoms with Crippen molar-refractivity contribution in [2.75, 3.05) is 29.8 Å². The summed E-state index contributed by atoms with van der Waals surface area (Å²) in [5.41, 5.74) is 2.13. The number of likely N-dealkylation sites (N-methyl/N-ethyl adjacent to an activating group) is 1. The second-order valence-corrected chi connectivity index (χ2v) is 12.1. The number of thiophene rings is 1. The van der Waals surface area contributed by atoms with Gasteiger partial charge in [-0.1, -0.05) is 27.7 Å². The van der Waals surface area contributed by atoms with Gasteiger partial charge in [0, 0.05) is 29.5 Å². The van der Waals surface area contributed by atoms with E-state index in [1.807, 2.05) is 14.0 Å². The van der Waals surface area contributed by atoms with E-state index in [1.165, 1.54) is 15.4 Å². The van der Waals surface area contributed by atoms with E-state index in [2.05, 4.69) is 47.7 Å². The summed E-state index contributed by atoms with van der Waals surface area (Å²) in [5, 5.41) is 6.98. The molecule has 3 heterocycles. The standard InChI is InChI=1S/C22H36N6O3S2/c1-14(2)20-16(5)19(21(32-20)15(3)4)24-22(29)25-33(30,31)28(18-11-23-27(7)13-18)17-9-8-10-26(6)12-17/h11,13-15,17H,8-10,12H2,1-7H3,(H2,24,25,29). The van der Waals surface area contributed by atoms with E-state index < -0.39 is 16.2 Å². The van der Waals surface area contributed by atoms with Crippen molar-refractivity contribution >= 4 is 39.0 Å². The summed E-state index contributed by atoms with van der Waals surface area (Å²) in [6.07, 6.45) is 4.76. The number of urea groups is 1. The third-order valence-corrected chi connectivity index (χ3v) is 9.22. The molecule has 11 heteroatoms. The Hall–Kier alpha value is -2.11. The zero-order chi connectivity index (χ0) is 24.5. The highest BCUT2D eigenvalue weighted by Gasteiger charge is 2.35. The van der Waals surface area contributed by atoms with Crippen LogP contribution in [0.5, 0.6) is 0 Å². The average Bonchev–Trinajstić information content (AvgIpc) is 3.25. The first-order valence-corrected chi connectivity index (χ1v) is 13.6. The molecule has 184 valence electrons. The molecule has 2 amide bonds. The van der Waals surface area contributed by atoms with Gasteiger partial charge in [-0.2, -0.15) is 13.5 Å². The zero-order valence-electron chi connectivity index (χ0n) is 20.5. The number of carbonyl (C=O) groups excluding carboxylic acids is 1. The Balaban J connectivity index is 1.88. The lowest BCUT2D eigenvalue weighted by Crippen LogP contribution is -2.54. The molecule has 0 aromatic carbocycles. The Morgan fingerprint density at radius 1 is 1.21 bits per heavy atom. The normalized spacial score (nSPS) is 17.5. The number of rotatable bonds is 7. The fourth-order valence-corrected chi connectivity index (χ4v) is 6.96. The van der Waals surface area contributed by atoms with Gasteiger partial charge in [0.2, 0.25) is 0 Å². The van der Waals surface area contributed by atoms with Crippen molar-refractivity contribution in [3.8, 4) is 0 Å². The molecule has 0 radical (unpaired) electrons. The molecule has 0 aliphatic carbocycles. The topological polar surface area (TPSA) is 99.6 Å². The van der Waals surface area contributed by atoms with Crippen molar-refractivity contribution in [2.45, 2.75) is 65.3 Å². The van der Waals surface area contributed by atoms with E-state index in [9.17, 15) is 13.2 Å². The SMILES string of the molecule is Cc1c(C(C)C)sc(C(C)C)c1NC(=O)NS(=O)(=O)N(c1cnn(C)c1)C1CCCN(C)C1. The van der Waals surface area contributed by atoms with Crippen LogP contribution in [0.3, 0.4) is 0 Å². The van der Waals surface area contributed by atoms with E-state index >= 15 is 0 Å². The quantitative estimate of drug-likeness (QED) is 0.603. The van der Waals surface area contributed by atoms with Crippen LogP contribution in [0, 0.1) is 6.92 Å². The molecule has 3 rings (SSSR count). The van der Waals surface area contributed by atoms with Crippen LogP contribution in [0.2, 0.25) is 0 Å². The Labute approximate surface area is 201 Å². The lowest BCUT2D eigenvalue weighted by molar-refractivity contribution is 0.251. The highest BCUT2D eigenvalue weighted by Crippen LogP contribution is 2.41. The molecule has 1 aliphatic heterocycles. The molecule has 1 saturated heterocycles. The Kier molecular flexibility index (Phi) is 7.75. The first-order valence-electron chi connectivity index (χ1n) is 11.3. The molecule has 9 nitrogen and oxygen atoms in total. The smallest absolute Gasteiger partial charge is 0.306 e. The number of anilines is 2.